The maximum Gasteiger partial charge on any atom is 0.294 e. The Hall–Kier alpha value is -0.910. The summed E-state index contributed by atoms with van der Waals surface area (Å²) >= 11 is 0. The Kier molecular flexibility index (Phi) is 3.02. The predicted molar refractivity (Wildman–Crippen MR) is 49.0 cm³/mol. The zero-order valence-corrected chi connectivity index (χ0v) is 7.79. The molecule has 0 unspecified atom stereocenters. The third-order valence-corrected chi connectivity index (χ3v) is 2.52. The van der Waals surface area contributed by atoms with Crippen LogP contribution in [-0.4, -0.2) is 19.5 Å². The summed E-state index contributed by atoms with van der Waals surface area (Å²) in [6.45, 7) is 0.519. The summed E-state index contributed by atoms with van der Waals surface area (Å²) in [5.41, 5.74) is 6.27. The van der Waals surface area contributed by atoms with E-state index in [-0.39, 0.29) is 4.90 Å². The molecule has 0 saturated heterocycles. The molecule has 0 radical (unpaired) electrons. The molecule has 0 aromatic heterocycles. The molecule has 1 aromatic rings. The molecule has 0 bridgehead atoms. The zero-order chi connectivity index (χ0) is 9.90. The first-order chi connectivity index (χ1) is 6.04. The second-order valence-corrected chi connectivity index (χ2v) is 4.08. The van der Waals surface area contributed by atoms with Gasteiger partial charge in [-0.15, -0.1) is 0 Å². The topological polar surface area (TPSA) is 80.4 Å². The van der Waals surface area contributed by atoms with E-state index in [9.17, 15) is 8.42 Å². The fraction of sp³-hybridized carbons (Fsp3) is 0.250. The van der Waals surface area contributed by atoms with Gasteiger partial charge in [0.05, 0.1) is 4.90 Å². The van der Waals surface area contributed by atoms with Crippen LogP contribution in [-0.2, 0) is 16.5 Å². The molecule has 3 N–H and O–H groups in total. The van der Waals surface area contributed by atoms with Crippen molar-refractivity contribution in [1.82, 2.24) is 0 Å². The second-order valence-electron chi connectivity index (χ2n) is 2.66. The molecular formula is C8H11NO3S. The molecule has 0 atom stereocenters. The molecule has 5 heteroatoms. The lowest BCUT2D eigenvalue weighted by atomic mass is 10.2. The number of nitrogens with two attached hydrogens (primary N) is 1. The molecule has 1 aromatic carbocycles. The summed E-state index contributed by atoms with van der Waals surface area (Å²) < 4.78 is 29.9. The van der Waals surface area contributed by atoms with Crippen LogP contribution in [0.4, 0.5) is 0 Å². The van der Waals surface area contributed by atoms with Gasteiger partial charge < -0.3 is 5.73 Å². The molecule has 0 saturated carbocycles. The lowest BCUT2D eigenvalue weighted by Gasteiger charge is -1.99. The van der Waals surface area contributed by atoms with E-state index in [4.69, 9.17) is 10.3 Å². The van der Waals surface area contributed by atoms with E-state index in [0.717, 1.165) is 5.56 Å². The van der Waals surface area contributed by atoms with Crippen molar-refractivity contribution in [3.63, 3.8) is 0 Å². The lowest BCUT2D eigenvalue weighted by Crippen LogP contribution is -2.03. The van der Waals surface area contributed by atoms with Crippen molar-refractivity contribution < 1.29 is 13.0 Å². The van der Waals surface area contributed by atoms with Crippen LogP contribution >= 0.6 is 0 Å². The molecule has 13 heavy (non-hydrogen) atoms. The van der Waals surface area contributed by atoms with Crippen LogP contribution in [0.2, 0.25) is 0 Å². The van der Waals surface area contributed by atoms with E-state index < -0.39 is 10.1 Å². The van der Waals surface area contributed by atoms with Gasteiger partial charge in [-0.05, 0) is 30.7 Å². The van der Waals surface area contributed by atoms with Gasteiger partial charge >= 0.3 is 0 Å². The van der Waals surface area contributed by atoms with E-state index in [1.54, 1.807) is 12.1 Å². The Morgan fingerprint density at radius 2 is 1.77 bits per heavy atom. The summed E-state index contributed by atoms with van der Waals surface area (Å²) in [5.74, 6) is 0. The average molecular weight is 201 g/mol. The maximum atomic E-state index is 10.6. The van der Waals surface area contributed by atoms with Gasteiger partial charge in [0.25, 0.3) is 10.1 Å². The van der Waals surface area contributed by atoms with Crippen molar-refractivity contribution in [2.24, 2.45) is 5.73 Å². The third kappa shape index (κ3) is 2.80. The highest BCUT2D eigenvalue weighted by Crippen LogP contribution is 2.09. The van der Waals surface area contributed by atoms with Crippen LogP contribution in [0.15, 0.2) is 29.2 Å². The van der Waals surface area contributed by atoms with Crippen molar-refractivity contribution >= 4 is 10.1 Å². The van der Waals surface area contributed by atoms with E-state index in [1.807, 2.05) is 0 Å². The van der Waals surface area contributed by atoms with E-state index in [0.29, 0.717) is 13.0 Å². The fourth-order valence-corrected chi connectivity index (χ4v) is 1.47. The fourth-order valence-electron chi connectivity index (χ4n) is 0.995. The normalized spacial score (nSPS) is 11.5. The highest BCUT2D eigenvalue weighted by Gasteiger charge is 2.07. The summed E-state index contributed by atoms with van der Waals surface area (Å²) in [6.07, 6.45) is 0.700. The summed E-state index contributed by atoms with van der Waals surface area (Å²) in [7, 11) is -4.07. The first-order valence-electron chi connectivity index (χ1n) is 3.80. The van der Waals surface area contributed by atoms with Crippen LogP contribution in [0.5, 0.6) is 0 Å². The van der Waals surface area contributed by atoms with Crippen LogP contribution in [0.25, 0.3) is 0 Å². The van der Waals surface area contributed by atoms with E-state index in [2.05, 4.69) is 0 Å². The highest BCUT2D eigenvalue weighted by atomic mass is 32.2. The maximum absolute atomic E-state index is 10.6. The van der Waals surface area contributed by atoms with Gasteiger partial charge in [0.2, 0.25) is 0 Å². The van der Waals surface area contributed by atoms with Crippen molar-refractivity contribution in [1.29, 1.82) is 0 Å². The molecule has 0 aliphatic carbocycles. The van der Waals surface area contributed by atoms with Gasteiger partial charge in [-0.25, -0.2) is 0 Å². The lowest BCUT2D eigenvalue weighted by molar-refractivity contribution is 0.483. The minimum Gasteiger partial charge on any atom is -0.330 e. The molecular weight excluding hydrogens is 190 g/mol. The Labute approximate surface area is 77.1 Å². The Balaban J connectivity index is 2.94. The molecule has 0 aliphatic heterocycles. The molecule has 0 spiro atoms. The van der Waals surface area contributed by atoms with Gasteiger partial charge in [0.15, 0.2) is 0 Å². The van der Waals surface area contributed by atoms with Gasteiger partial charge in [-0.2, -0.15) is 8.42 Å². The molecule has 72 valence electrons. The summed E-state index contributed by atoms with van der Waals surface area (Å²) in [4.78, 5) is -0.0896. The van der Waals surface area contributed by atoms with Gasteiger partial charge in [0, 0.05) is 0 Å². The Morgan fingerprint density at radius 1 is 1.23 bits per heavy atom. The van der Waals surface area contributed by atoms with Crippen molar-refractivity contribution in [2.75, 3.05) is 6.54 Å². The van der Waals surface area contributed by atoms with Gasteiger partial charge in [-0.1, -0.05) is 12.1 Å². The molecule has 0 aliphatic rings. The molecule has 0 amide bonds. The molecule has 0 heterocycles. The number of rotatable bonds is 3. The zero-order valence-electron chi connectivity index (χ0n) is 6.97. The van der Waals surface area contributed by atoms with E-state index in [1.165, 1.54) is 12.1 Å². The molecule has 1 rings (SSSR count). The summed E-state index contributed by atoms with van der Waals surface area (Å²) in [6, 6.07) is 5.99. The smallest absolute Gasteiger partial charge is 0.294 e. The molecule has 0 fully saturated rings. The minimum atomic E-state index is -4.07. The number of hydrogen-bond acceptors (Lipinski definition) is 3. The standard InChI is InChI=1S/C8H11NO3S/c9-6-5-7-1-3-8(4-2-7)13(10,11)12/h1-4H,5-6,9H2,(H,10,11,12). The number of hydrogen-bond donors (Lipinski definition) is 2. The van der Waals surface area contributed by atoms with Crippen LogP contribution < -0.4 is 5.73 Å². The van der Waals surface area contributed by atoms with Crippen molar-refractivity contribution in [2.45, 2.75) is 11.3 Å². The van der Waals surface area contributed by atoms with Gasteiger partial charge in [-0.3, -0.25) is 4.55 Å². The monoisotopic (exact) mass is 201 g/mol. The van der Waals surface area contributed by atoms with Crippen molar-refractivity contribution in [3.8, 4) is 0 Å². The highest BCUT2D eigenvalue weighted by molar-refractivity contribution is 7.85. The first kappa shape index (κ1) is 10.2. The Bertz CT molecular complexity index is 369. The van der Waals surface area contributed by atoms with Crippen LogP contribution in [0.3, 0.4) is 0 Å². The molecule has 4 nitrogen and oxygen atoms in total. The Morgan fingerprint density at radius 3 is 2.15 bits per heavy atom. The third-order valence-electron chi connectivity index (χ3n) is 1.65. The predicted octanol–water partition coefficient (Wildman–Crippen LogP) is 0.434. The SMILES string of the molecule is NCCc1ccc(S(=O)(=O)O)cc1. The van der Waals surface area contributed by atoms with Gasteiger partial charge in [0.1, 0.15) is 0 Å². The summed E-state index contributed by atoms with van der Waals surface area (Å²) in [5, 5.41) is 0. The van der Waals surface area contributed by atoms with E-state index >= 15 is 0 Å². The number of benzene rings is 1. The average Bonchev–Trinajstić information content (AvgIpc) is 2.04. The second kappa shape index (κ2) is 3.87. The minimum absolute atomic E-state index is 0.0896. The largest absolute Gasteiger partial charge is 0.330 e. The van der Waals surface area contributed by atoms with Crippen LogP contribution in [0, 0.1) is 0 Å². The first-order valence-corrected chi connectivity index (χ1v) is 5.24. The quantitative estimate of drug-likeness (QED) is 0.695. The van der Waals surface area contributed by atoms with Crippen molar-refractivity contribution in [3.05, 3.63) is 29.8 Å². The van der Waals surface area contributed by atoms with Crippen LogP contribution in [0.1, 0.15) is 5.56 Å².